The number of hydrogen-bond acceptors (Lipinski definition) is 3. The number of carbonyl (C=O) groups is 2. The van der Waals surface area contributed by atoms with Gasteiger partial charge in [0.1, 0.15) is 0 Å². The van der Waals surface area contributed by atoms with Crippen LogP contribution < -0.4 is 0 Å². The van der Waals surface area contributed by atoms with Gasteiger partial charge in [-0.15, -0.1) is 0 Å². The highest BCUT2D eigenvalue weighted by Gasteiger charge is 2.34. The molecule has 1 saturated carbocycles. The summed E-state index contributed by atoms with van der Waals surface area (Å²) in [5, 5.41) is 13.5. The molecule has 1 unspecified atom stereocenters. The molecule has 1 aliphatic rings. The number of carbonyl (C=O) groups excluding carboxylic acids is 1. The Balaban J connectivity index is 1.78. The van der Waals surface area contributed by atoms with E-state index in [1.807, 2.05) is 4.68 Å². The third-order valence-corrected chi connectivity index (χ3v) is 5.00. The maximum Gasteiger partial charge on any atom is 0.335 e. The average molecular weight is 355 g/mol. The summed E-state index contributed by atoms with van der Waals surface area (Å²) >= 11 is 0. The van der Waals surface area contributed by atoms with Crippen LogP contribution in [0.3, 0.4) is 0 Å². The van der Waals surface area contributed by atoms with Crippen molar-refractivity contribution in [3.63, 3.8) is 0 Å². The van der Waals surface area contributed by atoms with Crippen molar-refractivity contribution in [2.24, 2.45) is 0 Å². The molecule has 26 heavy (non-hydrogen) atoms. The van der Waals surface area contributed by atoms with Crippen molar-refractivity contribution in [3.05, 3.63) is 52.8 Å². The quantitative estimate of drug-likeness (QED) is 0.822. The maximum atomic E-state index is 13.0. The molecule has 0 radical (unpaired) electrons. The predicted octanol–water partition coefficient (Wildman–Crippen LogP) is 3.70. The fourth-order valence-electron chi connectivity index (χ4n) is 3.13. The SMILES string of the molecule is CCC(C)n1ncc(C(=O)N(C)Cc2ccc(C(=O)O)cc2)c1C1CC1. The smallest absolute Gasteiger partial charge is 0.335 e. The van der Waals surface area contributed by atoms with E-state index in [2.05, 4.69) is 18.9 Å². The van der Waals surface area contributed by atoms with Crippen LogP contribution in [0.2, 0.25) is 0 Å². The number of aromatic carboxylic acids is 1. The lowest BCUT2D eigenvalue weighted by molar-refractivity contribution is 0.0695. The normalized spacial score (nSPS) is 14.9. The molecule has 6 heteroatoms. The number of carboxylic acids is 1. The Morgan fingerprint density at radius 1 is 1.31 bits per heavy atom. The molecule has 6 nitrogen and oxygen atoms in total. The average Bonchev–Trinajstić information content (AvgIpc) is 3.38. The fraction of sp³-hybridized carbons (Fsp3) is 0.450. The summed E-state index contributed by atoms with van der Waals surface area (Å²) in [5.74, 6) is -0.551. The third-order valence-electron chi connectivity index (χ3n) is 5.00. The Morgan fingerprint density at radius 2 is 1.96 bits per heavy atom. The van der Waals surface area contributed by atoms with Gasteiger partial charge in [-0.05, 0) is 43.9 Å². The Bertz CT molecular complexity index is 806. The van der Waals surface area contributed by atoms with Crippen LogP contribution in [0.15, 0.2) is 30.5 Å². The van der Waals surface area contributed by atoms with Crippen molar-refractivity contribution in [2.75, 3.05) is 7.05 Å². The standard InChI is InChI=1S/C20H25N3O3/c1-4-13(2)23-18(15-9-10-15)17(11-21-23)19(24)22(3)12-14-5-7-16(8-6-14)20(25)26/h5-8,11,13,15H,4,9-10,12H2,1-3H3,(H,25,26). The van der Waals surface area contributed by atoms with Gasteiger partial charge in [-0.1, -0.05) is 19.1 Å². The summed E-state index contributed by atoms with van der Waals surface area (Å²) in [6.45, 7) is 4.68. The molecule has 1 aromatic carbocycles. The molecule has 0 aliphatic heterocycles. The molecule has 2 aromatic rings. The number of hydrogen-bond donors (Lipinski definition) is 1. The lowest BCUT2D eigenvalue weighted by Crippen LogP contribution is -2.27. The third kappa shape index (κ3) is 3.64. The van der Waals surface area contributed by atoms with Gasteiger partial charge < -0.3 is 10.0 Å². The van der Waals surface area contributed by atoms with Gasteiger partial charge in [-0.25, -0.2) is 4.79 Å². The summed E-state index contributed by atoms with van der Waals surface area (Å²) in [4.78, 5) is 25.6. The summed E-state index contributed by atoms with van der Waals surface area (Å²) in [6, 6.07) is 6.90. The molecular formula is C20H25N3O3. The van der Waals surface area contributed by atoms with Gasteiger partial charge in [0.05, 0.1) is 23.0 Å². The summed E-state index contributed by atoms with van der Waals surface area (Å²) in [5.41, 5.74) is 2.90. The van der Waals surface area contributed by atoms with Crippen LogP contribution in [-0.4, -0.2) is 38.7 Å². The molecule has 1 atom stereocenters. The molecule has 0 saturated heterocycles. The molecule has 0 spiro atoms. The maximum absolute atomic E-state index is 13.0. The van der Waals surface area contributed by atoms with Crippen LogP contribution in [0.25, 0.3) is 0 Å². The topological polar surface area (TPSA) is 75.4 Å². The molecule has 1 heterocycles. The summed E-state index contributed by atoms with van der Waals surface area (Å²) in [6.07, 6.45) is 4.90. The van der Waals surface area contributed by atoms with Crippen LogP contribution >= 0.6 is 0 Å². The molecule has 1 N–H and O–H groups in total. The Hall–Kier alpha value is -2.63. The van der Waals surface area contributed by atoms with E-state index in [-0.39, 0.29) is 17.5 Å². The van der Waals surface area contributed by atoms with E-state index in [0.29, 0.717) is 18.0 Å². The zero-order chi connectivity index (χ0) is 18.8. The van der Waals surface area contributed by atoms with E-state index in [9.17, 15) is 9.59 Å². The van der Waals surface area contributed by atoms with Crippen LogP contribution in [0.1, 0.15) is 77.0 Å². The summed E-state index contributed by atoms with van der Waals surface area (Å²) in [7, 11) is 1.77. The van der Waals surface area contributed by atoms with E-state index < -0.39 is 5.97 Å². The number of carboxylic acid groups (broad SMARTS) is 1. The van der Waals surface area contributed by atoms with Crippen LogP contribution in [0.5, 0.6) is 0 Å². The largest absolute Gasteiger partial charge is 0.478 e. The fourth-order valence-corrected chi connectivity index (χ4v) is 3.13. The number of amides is 1. The lowest BCUT2D eigenvalue weighted by Gasteiger charge is -2.19. The van der Waals surface area contributed by atoms with Crippen molar-refractivity contribution in [1.82, 2.24) is 14.7 Å². The zero-order valence-electron chi connectivity index (χ0n) is 15.5. The van der Waals surface area contributed by atoms with E-state index in [1.165, 1.54) is 0 Å². The first-order valence-corrected chi connectivity index (χ1v) is 9.07. The van der Waals surface area contributed by atoms with Gasteiger partial charge in [0.15, 0.2) is 0 Å². The molecule has 0 bridgehead atoms. The van der Waals surface area contributed by atoms with Crippen molar-refractivity contribution in [3.8, 4) is 0 Å². The predicted molar refractivity (Wildman–Crippen MR) is 98.4 cm³/mol. The molecule has 1 amide bonds. The van der Waals surface area contributed by atoms with Crippen molar-refractivity contribution in [2.45, 2.75) is 51.6 Å². The molecule has 1 aliphatic carbocycles. The van der Waals surface area contributed by atoms with Crippen molar-refractivity contribution < 1.29 is 14.7 Å². The van der Waals surface area contributed by atoms with Gasteiger partial charge in [-0.3, -0.25) is 9.48 Å². The first-order valence-electron chi connectivity index (χ1n) is 9.07. The van der Waals surface area contributed by atoms with Gasteiger partial charge in [0.2, 0.25) is 0 Å². The molecule has 3 rings (SSSR count). The Morgan fingerprint density at radius 3 is 2.50 bits per heavy atom. The highest BCUT2D eigenvalue weighted by atomic mass is 16.4. The number of nitrogens with zero attached hydrogens (tertiary/aromatic N) is 3. The first-order chi connectivity index (χ1) is 12.4. The van der Waals surface area contributed by atoms with Crippen LogP contribution in [-0.2, 0) is 6.54 Å². The van der Waals surface area contributed by atoms with Gasteiger partial charge in [0.25, 0.3) is 5.91 Å². The highest BCUT2D eigenvalue weighted by Crippen LogP contribution is 2.43. The highest BCUT2D eigenvalue weighted by molar-refractivity contribution is 5.95. The second-order valence-electron chi connectivity index (χ2n) is 7.08. The minimum Gasteiger partial charge on any atom is -0.478 e. The molecule has 138 valence electrons. The molecule has 1 fully saturated rings. The second kappa shape index (κ2) is 7.32. The van der Waals surface area contributed by atoms with E-state index in [0.717, 1.165) is 30.5 Å². The minimum absolute atomic E-state index is 0.0382. The van der Waals surface area contributed by atoms with Gasteiger partial charge in [-0.2, -0.15) is 5.10 Å². The van der Waals surface area contributed by atoms with E-state index >= 15 is 0 Å². The van der Waals surface area contributed by atoms with Gasteiger partial charge in [0, 0.05) is 25.6 Å². The van der Waals surface area contributed by atoms with E-state index in [4.69, 9.17) is 5.11 Å². The van der Waals surface area contributed by atoms with E-state index in [1.54, 1.807) is 42.4 Å². The lowest BCUT2D eigenvalue weighted by atomic mass is 10.1. The van der Waals surface area contributed by atoms with Gasteiger partial charge >= 0.3 is 5.97 Å². The Kier molecular flexibility index (Phi) is 5.11. The molecule has 1 aromatic heterocycles. The summed E-state index contributed by atoms with van der Waals surface area (Å²) < 4.78 is 2.01. The number of benzene rings is 1. The number of rotatable bonds is 7. The van der Waals surface area contributed by atoms with Crippen molar-refractivity contribution >= 4 is 11.9 Å². The molecular weight excluding hydrogens is 330 g/mol. The Labute approximate surface area is 153 Å². The zero-order valence-corrected chi connectivity index (χ0v) is 15.5. The monoisotopic (exact) mass is 355 g/mol. The minimum atomic E-state index is -0.951. The van der Waals surface area contributed by atoms with Crippen LogP contribution in [0, 0.1) is 0 Å². The first kappa shape index (κ1) is 18.2. The van der Waals surface area contributed by atoms with Crippen LogP contribution in [0.4, 0.5) is 0 Å². The number of aromatic nitrogens is 2. The second-order valence-corrected chi connectivity index (χ2v) is 7.08. The van der Waals surface area contributed by atoms with Crippen molar-refractivity contribution in [1.29, 1.82) is 0 Å².